The van der Waals surface area contributed by atoms with Gasteiger partial charge in [-0.15, -0.1) is 0 Å². The molecule has 0 bridgehead atoms. The first-order valence-corrected chi connectivity index (χ1v) is 9.03. The number of piperidine rings is 1. The molecule has 2 aliphatic heterocycles. The average molecular weight is 302 g/mol. The minimum atomic E-state index is -0.0195. The number of fused-ring (bicyclic) bond motifs is 1. The van der Waals surface area contributed by atoms with Crippen molar-refractivity contribution in [3.63, 3.8) is 0 Å². The summed E-state index contributed by atoms with van der Waals surface area (Å²) in [6, 6.07) is 9.24. The molecule has 2 aliphatic rings. The predicted octanol–water partition coefficient (Wildman–Crippen LogP) is 3.98. The highest BCUT2D eigenvalue weighted by molar-refractivity contribution is 5.60. The van der Waals surface area contributed by atoms with E-state index in [2.05, 4.69) is 48.3 Å². The highest BCUT2D eigenvalue weighted by atomic mass is 16.5. The van der Waals surface area contributed by atoms with Gasteiger partial charge in [-0.05, 0) is 50.8 Å². The first-order valence-electron chi connectivity index (χ1n) is 9.03. The Hall–Kier alpha value is -1.22. The maximum atomic E-state index is 6.38. The van der Waals surface area contributed by atoms with Gasteiger partial charge in [0.2, 0.25) is 0 Å². The molecule has 0 amide bonds. The van der Waals surface area contributed by atoms with Crippen molar-refractivity contribution in [1.29, 1.82) is 0 Å². The summed E-state index contributed by atoms with van der Waals surface area (Å²) in [5, 5.41) is 3.67. The second-order valence-electron chi connectivity index (χ2n) is 6.82. The first kappa shape index (κ1) is 15.7. The fraction of sp³-hybridized carbons (Fsp3) is 0.684. The summed E-state index contributed by atoms with van der Waals surface area (Å²) in [5.41, 5.74) is 1.25. The Labute approximate surface area is 135 Å². The third-order valence-corrected chi connectivity index (χ3v) is 5.46. The molecule has 0 radical (unpaired) electrons. The fourth-order valence-electron chi connectivity index (χ4n) is 3.80. The molecule has 122 valence electrons. The Morgan fingerprint density at radius 3 is 2.77 bits per heavy atom. The van der Waals surface area contributed by atoms with Gasteiger partial charge in [0.05, 0.1) is 12.2 Å². The monoisotopic (exact) mass is 302 g/mol. The fourth-order valence-corrected chi connectivity index (χ4v) is 3.80. The highest BCUT2D eigenvalue weighted by Crippen LogP contribution is 2.39. The number of hydrogen-bond donors (Lipinski definition) is 1. The van der Waals surface area contributed by atoms with Crippen molar-refractivity contribution in [3.8, 4) is 5.75 Å². The second kappa shape index (κ2) is 6.91. The van der Waals surface area contributed by atoms with E-state index in [1.165, 1.54) is 37.9 Å². The van der Waals surface area contributed by atoms with Crippen LogP contribution in [-0.4, -0.2) is 31.3 Å². The summed E-state index contributed by atoms with van der Waals surface area (Å²) in [6.45, 7) is 7.83. The zero-order chi connectivity index (χ0) is 15.4. The number of anilines is 1. The van der Waals surface area contributed by atoms with Gasteiger partial charge in [-0.3, -0.25) is 0 Å². The summed E-state index contributed by atoms with van der Waals surface area (Å²) >= 11 is 0. The standard InChI is InChI=1S/C19H30N2O/c1-3-19(4-2)15-21(14-12-16-9-7-8-13-20-16)17-10-5-6-11-18(17)22-19/h5-6,10-11,16,20H,3-4,7-9,12-15H2,1-2H3. The lowest BCUT2D eigenvalue weighted by atomic mass is 9.93. The summed E-state index contributed by atoms with van der Waals surface area (Å²) in [5.74, 6) is 1.06. The van der Waals surface area contributed by atoms with Crippen LogP contribution in [-0.2, 0) is 0 Å². The lowest BCUT2D eigenvalue weighted by Gasteiger charge is -2.44. The molecule has 2 heterocycles. The molecule has 0 spiro atoms. The average Bonchev–Trinajstić information content (AvgIpc) is 2.60. The van der Waals surface area contributed by atoms with Crippen LogP contribution in [0.25, 0.3) is 0 Å². The molecule has 1 N–H and O–H groups in total. The SMILES string of the molecule is CCC1(CC)CN(CCC2CCCCN2)c2ccccc2O1. The van der Waals surface area contributed by atoms with Crippen LogP contribution >= 0.6 is 0 Å². The van der Waals surface area contributed by atoms with E-state index in [4.69, 9.17) is 4.74 Å². The minimum Gasteiger partial charge on any atom is -0.483 e. The molecular formula is C19H30N2O. The number of hydrogen-bond acceptors (Lipinski definition) is 3. The highest BCUT2D eigenvalue weighted by Gasteiger charge is 2.36. The van der Waals surface area contributed by atoms with Crippen molar-refractivity contribution >= 4 is 5.69 Å². The minimum absolute atomic E-state index is 0.0195. The van der Waals surface area contributed by atoms with E-state index in [1.54, 1.807) is 0 Å². The van der Waals surface area contributed by atoms with E-state index in [-0.39, 0.29) is 5.60 Å². The Morgan fingerprint density at radius 2 is 2.05 bits per heavy atom. The molecule has 3 heteroatoms. The third-order valence-electron chi connectivity index (χ3n) is 5.46. The summed E-state index contributed by atoms with van der Waals surface area (Å²) < 4.78 is 6.38. The molecule has 0 aliphatic carbocycles. The quantitative estimate of drug-likeness (QED) is 0.890. The van der Waals surface area contributed by atoms with Gasteiger partial charge in [-0.2, -0.15) is 0 Å². The van der Waals surface area contributed by atoms with Gasteiger partial charge in [-0.1, -0.05) is 32.4 Å². The van der Waals surface area contributed by atoms with Crippen LogP contribution < -0.4 is 15.0 Å². The molecule has 0 aromatic heterocycles. The molecule has 22 heavy (non-hydrogen) atoms. The van der Waals surface area contributed by atoms with Gasteiger partial charge in [-0.25, -0.2) is 0 Å². The predicted molar refractivity (Wildman–Crippen MR) is 92.9 cm³/mol. The van der Waals surface area contributed by atoms with Crippen molar-refractivity contribution in [3.05, 3.63) is 24.3 Å². The van der Waals surface area contributed by atoms with Crippen molar-refractivity contribution in [2.75, 3.05) is 24.5 Å². The Bertz CT molecular complexity index is 478. The maximum Gasteiger partial charge on any atom is 0.143 e. The van der Waals surface area contributed by atoms with Crippen molar-refractivity contribution in [2.24, 2.45) is 0 Å². The molecule has 3 rings (SSSR count). The van der Waals surface area contributed by atoms with Crippen LogP contribution in [0.4, 0.5) is 5.69 Å². The molecule has 1 saturated heterocycles. The van der Waals surface area contributed by atoms with Crippen LogP contribution in [0, 0.1) is 0 Å². The zero-order valence-corrected chi connectivity index (χ0v) is 14.1. The van der Waals surface area contributed by atoms with Gasteiger partial charge in [0.25, 0.3) is 0 Å². The van der Waals surface area contributed by atoms with E-state index >= 15 is 0 Å². The molecule has 3 nitrogen and oxygen atoms in total. The Morgan fingerprint density at radius 1 is 1.23 bits per heavy atom. The lowest BCUT2D eigenvalue weighted by molar-refractivity contribution is 0.0572. The molecule has 1 atom stereocenters. The third kappa shape index (κ3) is 3.24. The number of nitrogens with zero attached hydrogens (tertiary/aromatic N) is 1. The van der Waals surface area contributed by atoms with Crippen molar-refractivity contribution in [1.82, 2.24) is 5.32 Å². The summed E-state index contributed by atoms with van der Waals surface area (Å²) in [4.78, 5) is 2.56. The molecule has 0 saturated carbocycles. The van der Waals surface area contributed by atoms with Crippen LogP contribution in [0.1, 0.15) is 52.4 Å². The maximum absolute atomic E-state index is 6.38. The van der Waals surface area contributed by atoms with E-state index in [0.717, 1.165) is 31.7 Å². The lowest BCUT2D eigenvalue weighted by Crippen LogP contribution is -2.51. The Kier molecular flexibility index (Phi) is 4.92. The van der Waals surface area contributed by atoms with E-state index in [0.29, 0.717) is 6.04 Å². The number of rotatable bonds is 5. The number of para-hydroxylation sites is 2. The van der Waals surface area contributed by atoms with Gasteiger partial charge in [0.1, 0.15) is 11.4 Å². The first-order chi connectivity index (χ1) is 10.8. The molecule has 1 unspecified atom stereocenters. The van der Waals surface area contributed by atoms with Gasteiger partial charge >= 0.3 is 0 Å². The van der Waals surface area contributed by atoms with Gasteiger partial charge in [0.15, 0.2) is 0 Å². The normalized spacial score (nSPS) is 23.7. The smallest absolute Gasteiger partial charge is 0.143 e. The molecule has 1 aromatic rings. The van der Waals surface area contributed by atoms with Crippen LogP contribution in [0.3, 0.4) is 0 Å². The summed E-state index contributed by atoms with van der Waals surface area (Å²) in [7, 11) is 0. The largest absolute Gasteiger partial charge is 0.483 e. The van der Waals surface area contributed by atoms with E-state index in [9.17, 15) is 0 Å². The second-order valence-corrected chi connectivity index (χ2v) is 6.82. The van der Waals surface area contributed by atoms with Crippen LogP contribution in [0.5, 0.6) is 5.75 Å². The molecule has 1 aromatic carbocycles. The topological polar surface area (TPSA) is 24.5 Å². The van der Waals surface area contributed by atoms with E-state index in [1.807, 2.05) is 0 Å². The number of ether oxygens (including phenoxy) is 1. The molecular weight excluding hydrogens is 272 g/mol. The van der Waals surface area contributed by atoms with Crippen LogP contribution in [0.2, 0.25) is 0 Å². The van der Waals surface area contributed by atoms with Crippen molar-refractivity contribution < 1.29 is 4.74 Å². The van der Waals surface area contributed by atoms with Crippen LogP contribution in [0.15, 0.2) is 24.3 Å². The van der Waals surface area contributed by atoms with E-state index < -0.39 is 0 Å². The number of nitrogens with one attached hydrogen (secondary N) is 1. The Balaban J connectivity index is 1.73. The zero-order valence-electron chi connectivity index (χ0n) is 14.1. The summed E-state index contributed by atoms with van der Waals surface area (Å²) in [6.07, 6.45) is 7.42. The van der Waals surface area contributed by atoms with Gasteiger partial charge in [0, 0.05) is 12.6 Å². The molecule has 1 fully saturated rings. The number of benzene rings is 1. The van der Waals surface area contributed by atoms with Crippen molar-refractivity contribution in [2.45, 2.75) is 64.0 Å². The van der Waals surface area contributed by atoms with Gasteiger partial charge < -0.3 is 15.0 Å².